The second-order valence-electron chi connectivity index (χ2n) is 7.23. The zero-order valence-electron chi connectivity index (χ0n) is 16.8. The van der Waals surface area contributed by atoms with Crippen molar-refractivity contribution in [1.29, 1.82) is 0 Å². The molecule has 2 amide bonds. The van der Waals surface area contributed by atoms with Gasteiger partial charge in [0.05, 0.1) is 25.5 Å². The van der Waals surface area contributed by atoms with Crippen LogP contribution >= 0.6 is 11.6 Å². The van der Waals surface area contributed by atoms with Gasteiger partial charge in [-0.25, -0.2) is 4.90 Å². The highest BCUT2D eigenvalue weighted by Crippen LogP contribution is 2.43. The van der Waals surface area contributed by atoms with Crippen LogP contribution in [0.2, 0.25) is 5.02 Å². The molecule has 2 aromatic carbocycles. The smallest absolute Gasteiger partial charge is 0.271 e. The van der Waals surface area contributed by atoms with Crippen molar-refractivity contribution in [3.8, 4) is 11.5 Å². The Morgan fingerprint density at radius 2 is 1.77 bits per heavy atom. The van der Waals surface area contributed by atoms with Gasteiger partial charge in [0.25, 0.3) is 11.8 Å². The van der Waals surface area contributed by atoms with Crippen LogP contribution in [0, 0.1) is 0 Å². The fraction of sp³-hybridized carbons (Fsp3) is 0.304. The van der Waals surface area contributed by atoms with Gasteiger partial charge < -0.3 is 14.2 Å². The van der Waals surface area contributed by atoms with Crippen molar-refractivity contribution >= 4 is 35.2 Å². The van der Waals surface area contributed by atoms with Crippen LogP contribution in [0.1, 0.15) is 24.8 Å². The third kappa shape index (κ3) is 3.36. The Labute approximate surface area is 180 Å². The van der Waals surface area contributed by atoms with Gasteiger partial charge in [-0.3, -0.25) is 9.59 Å². The molecule has 2 aromatic rings. The number of carbonyl (C=O) groups excluding carboxylic acids is 2. The number of methoxy groups -OCH3 is 2. The van der Waals surface area contributed by atoms with Crippen molar-refractivity contribution in [3.05, 3.63) is 58.6 Å². The first-order valence-electron chi connectivity index (χ1n) is 9.73. The largest absolute Gasteiger partial charge is 0.493 e. The highest BCUT2D eigenvalue weighted by molar-refractivity contribution is 6.34. The quantitative estimate of drug-likeness (QED) is 0.539. The number of nitrogens with zero attached hydrogens (tertiary/aromatic N) is 1. The van der Waals surface area contributed by atoms with Gasteiger partial charge in [-0.2, -0.15) is 0 Å². The molecule has 2 saturated heterocycles. The average Bonchev–Trinajstić information content (AvgIpc) is 2.96. The number of benzene rings is 2. The molecule has 2 aliphatic heterocycles. The van der Waals surface area contributed by atoms with Gasteiger partial charge in [-0.1, -0.05) is 17.7 Å². The minimum atomic E-state index is -1.28. The Kier molecular flexibility index (Phi) is 5.54. The van der Waals surface area contributed by atoms with Gasteiger partial charge in [0, 0.05) is 11.6 Å². The number of hydrogen-bond donors (Lipinski definition) is 0. The van der Waals surface area contributed by atoms with Crippen molar-refractivity contribution in [1.82, 2.24) is 0 Å². The maximum absolute atomic E-state index is 13.5. The number of imide groups is 1. The molecule has 30 heavy (non-hydrogen) atoms. The van der Waals surface area contributed by atoms with Gasteiger partial charge in [0.15, 0.2) is 17.1 Å². The summed E-state index contributed by atoms with van der Waals surface area (Å²) in [5.41, 5.74) is 0.241. The van der Waals surface area contributed by atoms with Crippen LogP contribution < -0.4 is 14.4 Å². The van der Waals surface area contributed by atoms with Crippen LogP contribution in [0.25, 0.3) is 6.08 Å². The Morgan fingerprint density at radius 1 is 1.03 bits per heavy atom. The van der Waals surface area contributed by atoms with E-state index in [0.717, 1.165) is 18.4 Å². The van der Waals surface area contributed by atoms with Crippen molar-refractivity contribution in [3.63, 3.8) is 0 Å². The van der Waals surface area contributed by atoms with E-state index in [-0.39, 0.29) is 11.8 Å². The molecule has 2 fully saturated rings. The molecule has 1 unspecified atom stereocenters. The lowest BCUT2D eigenvalue weighted by atomic mass is 9.86. The van der Waals surface area contributed by atoms with Gasteiger partial charge in [0.1, 0.15) is 0 Å². The predicted octanol–water partition coefficient (Wildman–Crippen LogP) is 4.25. The fourth-order valence-electron chi connectivity index (χ4n) is 3.97. The maximum atomic E-state index is 13.5. The molecule has 6 nitrogen and oxygen atoms in total. The lowest BCUT2D eigenvalue weighted by molar-refractivity contribution is -0.140. The first-order valence-corrected chi connectivity index (χ1v) is 10.1. The van der Waals surface area contributed by atoms with E-state index in [1.165, 1.54) is 4.90 Å². The second-order valence-corrected chi connectivity index (χ2v) is 7.66. The summed E-state index contributed by atoms with van der Waals surface area (Å²) in [6.45, 7) is 0.427. The number of amides is 2. The third-order valence-corrected chi connectivity index (χ3v) is 5.74. The minimum Gasteiger partial charge on any atom is -0.493 e. The normalized spacial score (nSPS) is 22.8. The van der Waals surface area contributed by atoms with E-state index < -0.39 is 5.60 Å². The zero-order chi connectivity index (χ0) is 21.3. The monoisotopic (exact) mass is 427 g/mol. The number of hydrogen-bond acceptors (Lipinski definition) is 5. The Hall–Kier alpha value is -2.83. The molecule has 0 aromatic heterocycles. The summed E-state index contributed by atoms with van der Waals surface area (Å²) >= 11 is 5.98. The van der Waals surface area contributed by atoms with Gasteiger partial charge in [-0.15, -0.1) is 0 Å². The molecular weight excluding hydrogens is 406 g/mol. The van der Waals surface area contributed by atoms with Crippen LogP contribution in [0.4, 0.5) is 5.69 Å². The molecule has 2 aliphatic rings. The van der Waals surface area contributed by atoms with Gasteiger partial charge in [-0.05, 0) is 67.3 Å². The van der Waals surface area contributed by atoms with Crippen molar-refractivity contribution in [2.75, 3.05) is 25.7 Å². The third-order valence-electron chi connectivity index (χ3n) is 5.49. The van der Waals surface area contributed by atoms with E-state index in [9.17, 15) is 9.59 Å². The van der Waals surface area contributed by atoms with Crippen molar-refractivity contribution in [2.24, 2.45) is 0 Å². The van der Waals surface area contributed by atoms with Crippen LogP contribution in [-0.2, 0) is 14.3 Å². The van der Waals surface area contributed by atoms with Crippen LogP contribution in [0.15, 0.2) is 48.0 Å². The van der Waals surface area contributed by atoms with E-state index in [1.807, 2.05) is 6.07 Å². The van der Waals surface area contributed by atoms with E-state index in [2.05, 4.69) is 0 Å². The summed E-state index contributed by atoms with van der Waals surface area (Å²) in [4.78, 5) is 28.1. The predicted molar refractivity (Wildman–Crippen MR) is 114 cm³/mol. The van der Waals surface area contributed by atoms with Crippen LogP contribution in [0.3, 0.4) is 0 Å². The summed E-state index contributed by atoms with van der Waals surface area (Å²) in [6.07, 6.45) is 3.83. The van der Waals surface area contributed by atoms with E-state index in [1.54, 1.807) is 56.7 Å². The highest BCUT2D eigenvalue weighted by atomic mass is 35.5. The Balaban J connectivity index is 1.82. The van der Waals surface area contributed by atoms with Crippen LogP contribution in [-0.4, -0.2) is 38.2 Å². The molecule has 156 valence electrons. The summed E-state index contributed by atoms with van der Waals surface area (Å²) in [6, 6.07) is 12.0. The topological polar surface area (TPSA) is 65.1 Å². The number of carbonyl (C=O) groups is 2. The zero-order valence-corrected chi connectivity index (χ0v) is 17.6. The molecule has 0 bridgehead atoms. The van der Waals surface area contributed by atoms with E-state index >= 15 is 0 Å². The molecule has 0 saturated carbocycles. The first-order chi connectivity index (χ1) is 14.5. The SMILES string of the molecule is COc1ccc(C=C2C(=O)N(c3ccc(Cl)cc3)C(=O)C23CCCCO3)cc1OC. The number of ether oxygens (including phenoxy) is 3. The number of halogens is 1. The van der Waals surface area contributed by atoms with Gasteiger partial charge in [0.2, 0.25) is 0 Å². The Morgan fingerprint density at radius 3 is 2.40 bits per heavy atom. The number of rotatable bonds is 4. The highest BCUT2D eigenvalue weighted by Gasteiger charge is 2.57. The fourth-order valence-corrected chi connectivity index (χ4v) is 4.10. The van der Waals surface area contributed by atoms with Crippen molar-refractivity contribution in [2.45, 2.75) is 24.9 Å². The summed E-state index contributed by atoms with van der Waals surface area (Å²) in [5.74, 6) is 0.372. The molecule has 0 radical (unpaired) electrons. The lowest BCUT2D eigenvalue weighted by Gasteiger charge is -2.32. The first kappa shape index (κ1) is 20.4. The second kappa shape index (κ2) is 8.13. The number of anilines is 1. The minimum absolute atomic E-state index is 0.328. The molecule has 2 heterocycles. The summed E-state index contributed by atoms with van der Waals surface area (Å²) < 4.78 is 16.7. The summed E-state index contributed by atoms with van der Waals surface area (Å²) in [5, 5.41) is 0.530. The molecular formula is C23H22ClNO5. The van der Waals surface area contributed by atoms with E-state index in [4.69, 9.17) is 25.8 Å². The molecule has 1 spiro atoms. The molecule has 0 aliphatic carbocycles. The Bertz CT molecular complexity index is 1010. The maximum Gasteiger partial charge on any atom is 0.271 e. The molecule has 4 rings (SSSR count). The van der Waals surface area contributed by atoms with E-state index in [0.29, 0.717) is 40.8 Å². The van der Waals surface area contributed by atoms with Crippen LogP contribution in [0.5, 0.6) is 11.5 Å². The van der Waals surface area contributed by atoms with Crippen molar-refractivity contribution < 1.29 is 23.8 Å². The standard InChI is InChI=1S/C23H22ClNO5/c1-28-19-10-5-15(14-20(19)29-2)13-18-21(26)25(17-8-6-16(24)7-9-17)22(27)23(18)11-3-4-12-30-23/h5-10,13-14H,3-4,11-12H2,1-2H3. The molecule has 0 N–H and O–H groups in total. The van der Waals surface area contributed by atoms with Gasteiger partial charge >= 0.3 is 0 Å². The molecule has 7 heteroatoms. The summed E-state index contributed by atoms with van der Waals surface area (Å²) in [7, 11) is 3.11. The molecule has 1 atom stereocenters. The average molecular weight is 428 g/mol. The lowest BCUT2D eigenvalue weighted by Crippen LogP contribution is -2.45.